The number of primary amides is 1. The summed E-state index contributed by atoms with van der Waals surface area (Å²) in [6, 6.07) is 10.8. The lowest BCUT2D eigenvalue weighted by Gasteiger charge is -2.45. The zero-order valence-electron chi connectivity index (χ0n) is 23.2. The van der Waals surface area contributed by atoms with Gasteiger partial charge in [-0.1, -0.05) is 35.9 Å². The van der Waals surface area contributed by atoms with Crippen LogP contribution in [0, 0.1) is 11.8 Å². The third kappa shape index (κ3) is 4.67. The van der Waals surface area contributed by atoms with E-state index in [-0.39, 0.29) is 42.0 Å². The molecule has 2 aromatic carbocycles. The lowest BCUT2D eigenvalue weighted by molar-refractivity contribution is -0.144. The van der Waals surface area contributed by atoms with E-state index in [9.17, 15) is 39.2 Å². The summed E-state index contributed by atoms with van der Waals surface area (Å²) in [7, 11) is 0. The van der Waals surface area contributed by atoms with Crippen molar-refractivity contribution >= 4 is 17.5 Å². The molecule has 10 heteroatoms. The molecule has 4 aliphatic carbocycles. The maximum Gasteiger partial charge on any atom is 0.255 e. The Kier molecular flexibility index (Phi) is 7.06. The number of phenols is 1. The van der Waals surface area contributed by atoms with Crippen LogP contribution >= 0.6 is 0 Å². The van der Waals surface area contributed by atoms with E-state index in [1.54, 1.807) is 18.2 Å². The van der Waals surface area contributed by atoms with Gasteiger partial charge in [0, 0.05) is 31.0 Å². The molecule has 7 N–H and O–H groups in total. The predicted molar refractivity (Wildman–Crippen MR) is 154 cm³/mol. The second kappa shape index (κ2) is 10.6. The summed E-state index contributed by atoms with van der Waals surface area (Å²) in [6.45, 7) is 1.16. The Labute approximate surface area is 246 Å². The first-order valence-electron chi connectivity index (χ1n) is 14.2. The number of allylic oxidation sites excluding steroid dienone is 5. The molecule has 0 fully saturated rings. The first kappa shape index (κ1) is 28.6. The van der Waals surface area contributed by atoms with Crippen LogP contribution in [0.15, 0.2) is 82.6 Å². The third-order valence-corrected chi connectivity index (χ3v) is 9.04. The summed E-state index contributed by atoms with van der Waals surface area (Å²) >= 11 is 0. The number of rotatable bonds is 6. The van der Waals surface area contributed by atoms with Crippen LogP contribution in [0.2, 0.25) is 0 Å². The summed E-state index contributed by atoms with van der Waals surface area (Å²) in [5.74, 6) is -6.74. The maximum absolute atomic E-state index is 13.8. The Morgan fingerprint density at radius 1 is 1.05 bits per heavy atom. The van der Waals surface area contributed by atoms with Gasteiger partial charge < -0.3 is 31.5 Å². The van der Waals surface area contributed by atoms with Gasteiger partial charge in [-0.25, -0.2) is 4.39 Å². The number of halogens is 1. The predicted octanol–water partition coefficient (Wildman–Crippen LogP) is 3.91. The van der Waals surface area contributed by atoms with E-state index in [1.165, 1.54) is 6.07 Å². The lowest BCUT2D eigenvalue weighted by Crippen LogP contribution is -2.57. The number of carbonyl (C=O) groups is 3. The highest BCUT2D eigenvalue weighted by Crippen LogP contribution is 2.52. The SMILES string of the molecule is NC(=O)C1=C(O)C[C@@H]2C[C@@H]3Cc4c(-c5ccc(CNCC6=CC(F)=CCC6)cc5)ccc(O)c4C(=O)C3=C(O)[C@]2(O)C1=O. The quantitative estimate of drug-likeness (QED) is 0.277. The molecule has 0 bridgehead atoms. The van der Waals surface area contributed by atoms with Crippen molar-refractivity contribution in [3.05, 3.63) is 99.3 Å². The van der Waals surface area contributed by atoms with E-state index in [0.717, 1.165) is 23.1 Å². The fourth-order valence-electron chi connectivity index (χ4n) is 6.92. The second-order valence-corrected chi connectivity index (χ2v) is 11.6. The van der Waals surface area contributed by atoms with Gasteiger partial charge in [-0.3, -0.25) is 14.4 Å². The van der Waals surface area contributed by atoms with Crippen LogP contribution in [0.3, 0.4) is 0 Å². The average Bonchev–Trinajstić information content (AvgIpc) is 2.95. The van der Waals surface area contributed by atoms with Crippen molar-refractivity contribution in [1.29, 1.82) is 0 Å². The molecule has 1 amide bonds. The number of aromatic hydroxyl groups is 1. The molecule has 0 heterocycles. The van der Waals surface area contributed by atoms with Gasteiger partial charge >= 0.3 is 0 Å². The number of nitrogens with two attached hydrogens (primary N) is 1. The first-order chi connectivity index (χ1) is 20.5. The smallest absolute Gasteiger partial charge is 0.255 e. The molecule has 0 radical (unpaired) electrons. The van der Waals surface area contributed by atoms with Gasteiger partial charge in [-0.15, -0.1) is 0 Å². The molecule has 0 unspecified atom stereocenters. The second-order valence-electron chi connectivity index (χ2n) is 11.6. The monoisotopic (exact) mass is 586 g/mol. The number of hydrogen-bond acceptors (Lipinski definition) is 8. The molecule has 0 aliphatic heterocycles. The van der Waals surface area contributed by atoms with Crippen LogP contribution in [0.4, 0.5) is 4.39 Å². The van der Waals surface area contributed by atoms with Gasteiger partial charge in [0.25, 0.3) is 5.91 Å². The number of benzene rings is 2. The number of carbonyl (C=O) groups excluding carboxylic acids is 3. The summed E-state index contributed by atoms with van der Waals surface area (Å²) in [5, 5.41) is 47.0. The van der Waals surface area contributed by atoms with Crippen molar-refractivity contribution in [3.8, 4) is 16.9 Å². The van der Waals surface area contributed by atoms with Crippen molar-refractivity contribution in [3.63, 3.8) is 0 Å². The highest BCUT2D eigenvalue weighted by atomic mass is 19.1. The van der Waals surface area contributed by atoms with E-state index in [0.29, 0.717) is 30.6 Å². The van der Waals surface area contributed by atoms with Crippen LogP contribution in [0.5, 0.6) is 5.75 Å². The van der Waals surface area contributed by atoms with Gasteiger partial charge in [0.1, 0.15) is 28.7 Å². The topological polar surface area (TPSA) is 170 Å². The Balaban J connectivity index is 1.29. The number of hydrogen-bond donors (Lipinski definition) is 6. The van der Waals surface area contributed by atoms with Crippen LogP contribution < -0.4 is 11.1 Å². The molecule has 3 atom stereocenters. The average molecular weight is 587 g/mol. The first-order valence-corrected chi connectivity index (χ1v) is 14.2. The number of amides is 1. The van der Waals surface area contributed by atoms with Gasteiger partial charge in [0.2, 0.25) is 5.78 Å². The fourth-order valence-corrected chi connectivity index (χ4v) is 6.92. The molecule has 6 rings (SSSR count). The molecule has 222 valence electrons. The molecular weight excluding hydrogens is 555 g/mol. The minimum absolute atomic E-state index is 0.0260. The standard InChI is InChI=1S/C33H31FN2O7/c34-21-3-1-2-17(10-21)15-36-14-16-4-6-18(7-5-16)22-8-9-24(37)27-23(22)12-19-11-20-13-25(38)28(32(35)42)31(41)33(20,43)30(40)26(19)29(27)39/h3-10,19-20,36-38,40,43H,1-2,11-15H2,(H2,35,42)/t19-,20+,33+/m1/s1. The van der Waals surface area contributed by atoms with Gasteiger partial charge in [-0.05, 0) is 72.1 Å². The van der Waals surface area contributed by atoms with Crippen LogP contribution in [-0.2, 0) is 22.6 Å². The minimum atomic E-state index is -2.59. The van der Waals surface area contributed by atoms with Crippen molar-refractivity contribution in [2.24, 2.45) is 17.6 Å². The van der Waals surface area contributed by atoms with E-state index < -0.39 is 52.0 Å². The van der Waals surface area contributed by atoms with Crippen LogP contribution in [0.25, 0.3) is 11.1 Å². The summed E-state index contributed by atoms with van der Waals surface area (Å²) in [6.07, 6.45) is 4.67. The Bertz CT molecular complexity index is 1700. The number of nitrogens with one attached hydrogen (secondary N) is 1. The highest BCUT2D eigenvalue weighted by Gasteiger charge is 2.59. The summed E-state index contributed by atoms with van der Waals surface area (Å²) < 4.78 is 13.5. The molecule has 4 aliphatic rings. The van der Waals surface area contributed by atoms with Crippen molar-refractivity contribution in [1.82, 2.24) is 5.32 Å². The zero-order valence-corrected chi connectivity index (χ0v) is 23.2. The van der Waals surface area contributed by atoms with Crippen LogP contribution in [-0.4, -0.2) is 50.0 Å². The molecule has 43 heavy (non-hydrogen) atoms. The molecule has 9 nitrogen and oxygen atoms in total. The minimum Gasteiger partial charge on any atom is -0.511 e. The van der Waals surface area contributed by atoms with Crippen molar-refractivity contribution in [2.75, 3.05) is 6.54 Å². The molecule has 2 aromatic rings. The van der Waals surface area contributed by atoms with Crippen LogP contribution in [0.1, 0.15) is 47.2 Å². The highest BCUT2D eigenvalue weighted by molar-refractivity contribution is 6.24. The lowest BCUT2D eigenvalue weighted by atomic mass is 9.60. The number of aliphatic hydroxyl groups is 3. The Hall–Kier alpha value is -4.54. The molecular formula is C33H31FN2O7. The molecule has 0 spiro atoms. The molecule has 0 aromatic heterocycles. The van der Waals surface area contributed by atoms with Gasteiger partial charge in [-0.2, -0.15) is 0 Å². The van der Waals surface area contributed by atoms with E-state index >= 15 is 0 Å². The van der Waals surface area contributed by atoms with E-state index in [4.69, 9.17) is 5.73 Å². The summed E-state index contributed by atoms with van der Waals surface area (Å²) in [4.78, 5) is 38.7. The normalized spacial score (nSPS) is 25.1. The Morgan fingerprint density at radius 2 is 1.79 bits per heavy atom. The van der Waals surface area contributed by atoms with E-state index in [1.807, 2.05) is 24.3 Å². The van der Waals surface area contributed by atoms with Crippen molar-refractivity contribution in [2.45, 2.75) is 44.2 Å². The number of Topliss-reactive ketones (excluding diaryl/α,β-unsaturated/α-hetero) is 2. The number of ketones is 2. The fraction of sp³-hybridized carbons (Fsp3) is 0.303. The Morgan fingerprint density at radius 3 is 2.49 bits per heavy atom. The van der Waals surface area contributed by atoms with Gasteiger partial charge in [0.15, 0.2) is 11.4 Å². The third-order valence-electron chi connectivity index (χ3n) is 9.04. The number of fused-ring (bicyclic) bond motifs is 3. The largest absolute Gasteiger partial charge is 0.511 e. The zero-order chi connectivity index (χ0) is 30.6. The van der Waals surface area contributed by atoms with Crippen molar-refractivity contribution < 1.29 is 39.2 Å². The summed E-state index contributed by atoms with van der Waals surface area (Å²) in [5.41, 5.74) is 5.75. The van der Waals surface area contributed by atoms with E-state index in [2.05, 4.69) is 5.32 Å². The number of phenolic OH excluding ortho intramolecular Hbond substituents is 1. The number of aliphatic hydroxyl groups excluding tert-OH is 2. The molecule has 0 saturated heterocycles. The maximum atomic E-state index is 13.8. The van der Waals surface area contributed by atoms with Gasteiger partial charge in [0.05, 0.1) is 5.56 Å². The molecule has 0 saturated carbocycles.